The van der Waals surface area contributed by atoms with Gasteiger partial charge in [0.05, 0.1) is 0 Å². The number of nitrogens with one attached hydrogen (secondary N) is 1. The molecule has 0 aromatic heterocycles. The molecular formula is C15H12F3NO2. The zero-order valence-corrected chi connectivity index (χ0v) is 11.0. The molecule has 0 bridgehead atoms. The maximum absolute atomic E-state index is 13.9. The van der Waals surface area contributed by atoms with Crippen molar-refractivity contribution in [3.05, 3.63) is 65.5 Å². The van der Waals surface area contributed by atoms with Crippen molar-refractivity contribution in [1.29, 1.82) is 0 Å². The molecule has 1 atom stereocenters. The van der Waals surface area contributed by atoms with E-state index in [0.717, 1.165) is 18.2 Å². The van der Waals surface area contributed by atoms with Gasteiger partial charge in [0.15, 0.2) is 17.2 Å². The van der Waals surface area contributed by atoms with E-state index in [9.17, 15) is 23.1 Å². The third-order valence-corrected chi connectivity index (χ3v) is 3.16. The zero-order valence-electron chi connectivity index (χ0n) is 11.0. The van der Waals surface area contributed by atoms with E-state index in [1.165, 1.54) is 31.2 Å². The van der Waals surface area contributed by atoms with Crippen LogP contribution in [0.1, 0.15) is 12.5 Å². The molecule has 0 saturated carbocycles. The van der Waals surface area contributed by atoms with Crippen LogP contribution in [0.15, 0.2) is 42.5 Å². The minimum Gasteiger partial charge on any atom is -0.479 e. The maximum Gasteiger partial charge on any atom is 0.333 e. The Morgan fingerprint density at radius 1 is 1.10 bits per heavy atom. The number of carboxylic acids is 1. The summed E-state index contributed by atoms with van der Waals surface area (Å²) in [5.41, 5.74) is -1.98. The van der Waals surface area contributed by atoms with E-state index < -0.39 is 29.0 Å². The average molecular weight is 295 g/mol. The van der Waals surface area contributed by atoms with E-state index in [1.54, 1.807) is 0 Å². The van der Waals surface area contributed by atoms with Crippen molar-refractivity contribution in [2.24, 2.45) is 0 Å². The largest absolute Gasteiger partial charge is 0.479 e. The number of carboxylic acid groups (broad SMARTS) is 1. The number of benzene rings is 2. The SMILES string of the molecule is CC(Nc1ccc(F)cc1)(C(=O)O)c1cccc(F)c1F. The van der Waals surface area contributed by atoms with Crippen molar-refractivity contribution in [1.82, 2.24) is 0 Å². The van der Waals surface area contributed by atoms with E-state index in [-0.39, 0.29) is 11.3 Å². The van der Waals surface area contributed by atoms with Gasteiger partial charge in [-0.1, -0.05) is 12.1 Å². The first kappa shape index (κ1) is 14.9. The first-order valence-corrected chi connectivity index (χ1v) is 6.06. The molecule has 0 saturated heterocycles. The van der Waals surface area contributed by atoms with Gasteiger partial charge < -0.3 is 10.4 Å². The molecule has 0 heterocycles. The lowest BCUT2D eigenvalue weighted by molar-refractivity contribution is -0.142. The second-order valence-corrected chi connectivity index (χ2v) is 4.66. The molecular weight excluding hydrogens is 283 g/mol. The summed E-state index contributed by atoms with van der Waals surface area (Å²) in [5, 5.41) is 12.0. The summed E-state index contributed by atoms with van der Waals surface area (Å²) >= 11 is 0. The van der Waals surface area contributed by atoms with Crippen LogP contribution in [0.4, 0.5) is 18.9 Å². The minimum absolute atomic E-state index is 0.268. The van der Waals surface area contributed by atoms with E-state index >= 15 is 0 Å². The predicted molar refractivity (Wildman–Crippen MR) is 71.4 cm³/mol. The highest BCUT2D eigenvalue weighted by atomic mass is 19.2. The third-order valence-electron chi connectivity index (χ3n) is 3.16. The highest BCUT2D eigenvalue weighted by Crippen LogP contribution is 2.29. The summed E-state index contributed by atoms with van der Waals surface area (Å²) in [4.78, 5) is 11.5. The van der Waals surface area contributed by atoms with Crippen molar-refractivity contribution in [2.45, 2.75) is 12.5 Å². The predicted octanol–water partition coefficient (Wildman–Crippen LogP) is 3.52. The fourth-order valence-corrected chi connectivity index (χ4v) is 1.95. The quantitative estimate of drug-likeness (QED) is 0.907. The molecule has 0 fully saturated rings. The molecule has 0 amide bonds. The molecule has 2 aromatic carbocycles. The molecule has 6 heteroatoms. The van der Waals surface area contributed by atoms with E-state index in [0.29, 0.717) is 0 Å². The molecule has 2 rings (SSSR count). The van der Waals surface area contributed by atoms with Gasteiger partial charge in [-0.2, -0.15) is 0 Å². The number of halogens is 3. The number of carbonyl (C=O) groups is 1. The van der Waals surface area contributed by atoms with Gasteiger partial charge in [0.1, 0.15) is 5.82 Å². The van der Waals surface area contributed by atoms with Gasteiger partial charge in [0.25, 0.3) is 0 Å². The van der Waals surface area contributed by atoms with Crippen LogP contribution in [0.5, 0.6) is 0 Å². The summed E-state index contributed by atoms with van der Waals surface area (Å²) in [7, 11) is 0. The Labute approximate surface area is 119 Å². The lowest BCUT2D eigenvalue weighted by Crippen LogP contribution is -2.41. The van der Waals surface area contributed by atoms with Crippen molar-refractivity contribution in [2.75, 3.05) is 5.32 Å². The molecule has 0 radical (unpaired) electrons. The summed E-state index contributed by atoms with van der Waals surface area (Å²) in [6, 6.07) is 8.20. The van der Waals surface area contributed by atoms with Crippen molar-refractivity contribution >= 4 is 11.7 Å². The Kier molecular flexibility index (Phi) is 3.88. The Balaban J connectivity index is 2.48. The smallest absolute Gasteiger partial charge is 0.333 e. The van der Waals surface area contributed by atoms with Gasteiger partial charge in [0.2, 0.25) is 0 Å². The fourth-order valence-electron chi connectivity index (χ4n) is 1.95. The van der Waals surface area contributed by atoms with Crippen LogP contribution in [0, 0.1) is 17.5 Å². The molecule has 0 aliphatic carbocycles. The topological polar surface area (TPSA) is 49.3 Å². The second-order valence-electron chi connectivity index (χ2n) is 4.66. The van der Waals surface area contributed by atoms with Gasteiger partial charge in [-0.15, -0.1) is 0 Å². The maximum atomic E-state index is 13.9. The number of hydrogen-bond donors (Lipinski definition) is 2. The van der Waals surface area contributed by atoms with Gasteiger partial charge in [-0.25, -0.2) is 18.0 Å². The van der Waals surface area contributed by atoms with Crippen molar-refractivity contribution < 1.29 is 23.1 Å². The molecule has 0 aliphatic heterocycles. The fraction of sp³-hybridized carbons (Fsp3) is 0.133. The van der Waals surface area contributed by atoms with Crippen LogP contribution >= 0.6 is 0 Å². The van der Waals surface area contributed by atoms with E-state index in [2.05, 4.69) is 5.32 Å². The molecule has 2 aromatic rings. The number of hydrogen-bond acceptors (Lipinski definition) is 2. The molecule has 0 spiro atoms. The Morgan fingerprint density at radius 2 is 1.71 bits per heavy atom. The molecule has 0 aliphatic rings. The Hall–Kier alpha value is -2.50. The first-order valence-electron chi connectivity index (χ1n) is 6.06. The van der Waals surface area contributed by atoms with Crippen LogP contribution < -0.4 is 5.32 Å². The summed E-state index contributed by atoms with van der Waals surface area (Å²) in [6.07, 6.45) is 0. The van der Waals surface area contributed by atoms with Gasteiger partial charge in [0, 0.05) is 11.3 Å². The van der Waals surface area contributed by atoms with Crippen LogP contribution in [0.2, 0.25) is 0 Å². The number of aliphatic carboxylic acids is 1. The highest BCUT2D eigenvalue weighted by Gasteiger charge is 2.38. The van der Waals surface area contributed by atoms with Crippen LogP contribution in [-0.2, 0) is 10.3 Å². The monoisotopic (exact) mass is 295 g/mol. The lowest BCUT2D eigenvalue weighted by atomic mass is 9.91. The molecule has 21 heavy (non-hydrogen) atoms. The molecule has 3 nitrogen and oxygen atoms in total. The second kappa shape index (κ2) is 5.47. The number of rotatable bonds is 4. The van der Waals surface area contributed by atoms with Crippen molar-refractivity contribution in [3.63, 3.8) is 0 Å². The summed E-state index contributed by atoms with van der Waals surface area (Å²) in [6.45, 7) is 1.20. The van der Waals surface area contributed by atoms with E-state index in [4.69, 9.17) is 0 Å². The van der Waals surface area contributed by atoms with Crippen LogP contribution in [0.3, 0.4) is 0 Å². The van der Waals surface area contributed by atoms with Crippen LogP contribution in [-0.4, -0.2) is 11.1 Å². The molecule has 1 unspecified atom stereocenters. The summed E-state index contributed by atoms with van der Waals surface area (Å²) < 4.78 is 40.1. The van der Waals surface area contributed by atoms with Crippen molar-refractivity contribution in [3.8, 4) is 0 Å². The normalized spacial score (nSPS) is 13.5. The van der Waals surface area contributed by atoms with Gasteiger partial charge in [-0.05, 0) is 37.3 Å². The number of anilines is 1. The minimum atomic E-state index is -1.90. The lowest BCUT2D eigenvalue weighted by Gasteiger charge is -2.28. The zero-order chi connectivity index (χ0) is 15.6. The Morgan fingerprint density at radius 3 is 2.29 bits per heavy atom. The molecule has 110 valence electrons. The standard InChI is InChI=1S/C15H12F3NO2/c1-15(14(20)21,11-3-2-4-12(17)13(11)18)19-10-7-5-9(16)6-8-10/h2-8,19H,1H3,(H,20,21). The van der Waals surface area contributed by atoms with Gasteiger partial charge in [-0.3, -0.25) is 0 Å². The van der Waals surface area contributed by atoms with Crippen LogP contribution in [0.25, 0.3) is 0 Å². The molecule has 2 N–H and O–H groups in total. The third kappa shape index (κ3) is 2.84. The summed E-state index contributed by atoms with van der Waals surface area (Å²) in [5.74, 6) is -4.26. The average Bonchev–Trinajstić information content (AvgIpc) is 2.44. The highest BCUT2D eigenvalue weighted by molar-refractivity contribution is 5.84. The Bertz CT molecular complexity index is 673. The first-order chi connectivity index (χ1) is 9.84. The van der Waals surface area contributed by atoms with Gasteiger partial charge >= 0.3 is 5.97 Å². The van der Waals surface area contributed by atoms with E-state index in [1.807, 2.05) is 0 Å².